The molecule has 0 saturated carbocycles. The molecule has 0 bridgehead atoms. The number of likely N-dealkylation sites (N-methyl/N-ethyl adjacent to an activating group) is 1. The van der Waals surface area contributed by atoms with Crippen molar-refractivity contribution < 1.29 is 38.3 Å². The standard InChI is InChI=1S/C14H14F3N4OS.W/c1-21-7-6-11(8-21)18-10-4-2-9(3-5-10)12-19-13(22-20-12)14(15,16)23-17;/h2-5,11H,6-8H2,1H3;/q-1;. The fourth-order valence-electron chi connectivity index (χ4n) is 2.42. The van der Waals surface area contributed by atoms with Crippen LogP contribution in [0.3, 0.4) is 0 Å². The Morgan fingerprint density at radius 3 is 2.62 bits per heavy atom. The van der Waals surface area contributed by atoms with E-state index in [0.717, 1.165) is 25.2 Å². The molecule has 0 amide bonds. The molecule has 1 unspecified atom stereocenters. The van der Waals surface area contributed by atoms with Crippen LogP contribution in [-0.2, 0) is 26.3 Å². The molecule has 10 heteroatoms. The van der Waals surface area contributed by atoms with Crippen molar-refractivity contribution in [1.29, 1.82) is 0 Å². The minimum Gasteiger partial charge on any atom is -0.681 e. The van der Waals surface area contributed by atoms with E-state index < -0.39 is 23.3 Å². The second kappa shape index (κ2) is 7.89. The molecule has 0 spiro atoms. The molecule has 0 N–H and O–H groups in total. The summed E-state index contributed by atoms with van der Waals surface area (Å²) < 4.78 is 42.8. The maximum atomic E-state index is 13.1. The number of alkyl halides is 2. The van der Waals surface area contributed by atoms with Gasteiger partial charge in [0.1, 0.15) is 12.1 Å². The van der Waals surface area contributed by atoms with E-state index in [2.05, 4.69) is 31.9 Å². The van der Waals surface area contributed by atoms with E-state index in [9.17, 15) is 12.7 Å². The second-order valence-electron chi connectivity index (χ2n) is 5.40. The maximum Gasteiger partial charge on any atom is 0.399 e. The van der Waals surface area contributed by atoms with Gasteiger partial charge in [-0.05, 0) is 20.1 Å². The Labute approximate surface area is 155 Å². The van der Waals surface area contributed by atoms with Crippen LogP contribution in [0.1, 0.15) is 12.3 Å². The predicted molar refractivity (Wildman–Crippen MR) is 81.2 cm³/mol. The Kier molecular flexibility index (Phi) is 6.33. The predicted octanol–water partition coefficient (Wildman–Crippen LogP) is 4.11. The van der Waals surface area contributed by atoms with Crippen LogP contribution in [0.4, 0.5) is 18.4 Å². The van der Waals surface area contributed by atoms with Crippen molar-refractivity contribution in [2.75, 3.05) is 20.1 Å². The van der Waals surface area contributed by atoms with Gasteiger partial charge in [0.15, 0.2) is 0 Å². The summed E-state index contributed by atoms with van der Waals surface area (Å²) >= 11 is -1.14. The van der Waals surface area contributed by atoms with Crippen molar-refractivity contribution in [2.45, 2.75) is 17.7 Å². The van der Waals surface area contributed by atoms with Crippen LogP contribution >= 0.6 is 12.1 Å². The average molecular weight is 527 g/mol. The minimum absolute atomic E-state index is 0. The first kappa shape index (κ1) is 19.3. The SMILES string of the molecule is CN1CCC([N-]c2ccc(-c3noc(C(F)(F)SF)n3)cc2)C1.[W]. The molecule has 1 aliphatic rings. The van der Waals surface area contributed by atoms with E-state index in [1.54, 1.807) is 24.3 Å². The molecule has 2 heterocycles. The number of hydrogen-bond donors (Lipinski definition) is 0. The van der Waals surface area contributed by atoms with Gasteiger partial charge in [0.05, 0.1) is 0 Å². The van der Waals surface area contributed by atoms with Crippen LogP contribution in [0.2, 0.25) is 0 Å². The fraction of sp³-hybridized carbons (Fsp3) is 0.429. The third-order valence-corrected chi connectivity index (χ3v) is 3.96. The zero-order valence-corrected chi connectivity index (χ0v) is 16.4. The molecule has 3 rings (SSSR count). The van der Waals surface area contributed by atoms with E-state index in [-0.39, 0.29) is 32.9 Å². The molecule has 130 valence electrons. The average Bonchev–Trinajstić information content (AvgIpc) is 3.18. The van der Waals surface area contributed by atoms with E-state index in [1.165, 1.54) is 0 Å². The third-order valence-electron chi connectivity index (χ3n) is 3.60. The van der Waals surface area contributed by atoms with Crippen molar-refractivity contribution in [3.05, 3.63) is 35.5 Å². The number of aromatic nitrogens is 2. The largest absolute Gasteiger partial charge is 0.681 e. The molecular formula is C14H14F3N4OSW-. The number of rotatable bonds is 5. The Morgan fingerprint density at radius 2 is 2.04 bits per heavy atom. The minimum atomic E-state index is -3.84. The Balaban J connectivity index is 0.00000208. The first-order valence-electron chi connectivity index (χ1n) is 6.99. The summed E-state index contributed by atoms with van der Waals surface area (Å²) in [5.74, 6) is -1.07. The Bertz CT molecular complexity index is 670. The Hall–Kier alpha value is -1.05. The molecule has 1 saturated heterocycles. The van der Waals surface area contributed by atoms with E-state index in [0.29, 0.717) is 5.56 Å². The van der Waals surface area contributed by atoms with E-state index >= 15 is 0 Å². The van der Waals surface area contributed by atoms with E-state index in [4.69, 9.17) is 0 Å². The maximum absolute atomic E-state index is 13.1. The molecule has 24 heavy (non-hydrogen) atoms. The van der Waals surface area contributed by atoms with Crippen molar-refractivity contribution >= 4 is 17.8 Å². The summed E-state index contributed by atoms with van der Waals surface area (Å²) in [6, 6.07) is 7.15. The van der Waals surface area contributed by atoms with Crippen molar-refractivity contribution in [2.24, 2.45) is 0 Å². The number of hydrogen-bond acceptors (Lipinski definition) is 5. The fourth-order valence-corrected chi connectivity index (χ4v) is 2.57. The van der Waals surface area contributed by atoms with Gasteiger partial charge in [0.2, 0.25) is 5.82 Å². The Morgan fingerprint density at radius 1 is 1.33 bits per heavy atom. The monoisotopic (exact) mass is 527 g/mol. The summed E-state index contributed by atoms with van der Waals surface area (Å²) in [5.41, 5.74) is 1.31. The zero-order valence-electron chi connectivity index (χ0n) is 12.7. The third kappa shape index (κ3) is 4.32. The van der Waals surface area contributed by atoms with Crippen LogP contribution < -0.4 is 0 Å². The van der Waals surface area contributed by atoms with Crippen molar-refractivity contribution in [3.8, 4) is 11.4 Å². The van der Waals surface area contributed by atoms with Crippen LogP contribution in [0, 0.1) is 0 Å². The molecule has 1 atom stereocenters. The topological polar surface area (TPSA) is 56.3 Å². The molecule has 0 aliphatic carbocycles. The molecule has 1 aliphatic heterocycles. The van der Waals surface area contributed by atoms with Gasteiger partial charge in [-0.1, -0.05) is 35.8 Å². The van der Waals surface area contributed by atoms with Gasteiger partial charge in [0.25, 0.3) is 0 Å². The number of halogens is 3. The second-order valence-corrected chi connectivity index (χ2v) is 6.06. The summed E-state index contributed by atoms with van der Waals surface area (Å²) in [6.07, 6.45) is 1.02. The number of nitrogens with zero attached hydrogens (tertiary/aromatic N) is 4. The molecule has 1 aromatic heterocycles. The summed E-state index contributed by atoms with van der Waals surface area (Å²) in [7, 11) is 2.05. The summed E-state index contributed by atoms with van der Waals surface area (Å²) in [4.78, 5) is 5.75. The van der Waals surface area contributed by atoms with Crippen molar-refractivity contribution in [1.82, 2.24) is 15.0 Å². The van der Waals surface area contributed by atoms with Gasteiger partial charge in [-0.3, -0.25) is 0 Å². The van der Waals surface area contributed by atoms with Crippen LogP contribution in [0.5, 0.6) is 0 Å². The normalized spacial score (nSPS) is 18.4. The van der Waals surface area contributed by atoms with Gasteiger partial charge in [-0.15, -0.1) is 11.7 Å². The van der Waals surface area contributed by atoms with Crippen LogP contribution in [0.25, 0.3) is 16.7 Å². The first-order chi connectivity index (χ1) is 11.0. The van der Waals surface area contributed by atoms with Gasteiger partial charge >= 0.3 is 11.1 Å². The number of likely N-dealkylation sites (tertiary alicyclic amines) is 1. The smallest absolute Gasteiger partial charge is 0.399 e. The quantitative estimate of drug-likeness (QED) is 0.587. The number of benzene rings is 1. The van der Waals surface area contributed by atoms with Gasteiger partial charge in [-0.2, -0.15) is 17.7 Å². The molecule has 5 nitrogen and oxygen atoms in total. The molecule has 2 aromatic rings. The molecular weight excluding hydrogens is 513 g/mol. The molecule has 1 fully saturated rings. The summed E-state index contributed by atoms with van der Waals surface area (Å²) in [6.45, 7) is 1.95. The van der Waals surface area contributed by atoms with Crippen molar-refractivity contribution in [3.63, 3.8) is 0 Å². The molecule has 1 aromatic carbocycles. The van der Waals surface area contributed by atoms with Gasteiger partial charge in [0, 0.05) is 26.6 Å². The van der Waals surface area contributed by atoms with Crippen LogP contribution in [-0.4, -0.2) is 41.2 Å². The zero-order chi connectivity index (χ0) is 16.4. The molecule has 0 radical (unpaired) electrons. The van der Waals surface area contributed by atoms with Gasteiger partial charge in [-0.25, -0.2) is 0 Å². The van der Waals surface area contributed by atoms with Crippen LogP contribution in [0.15, 0.2) is 28.8 Å². The van der Waals surface area contributed by atoms with Gasteiger partial charge < -0.3 is 14.7 Å². The first-order valence-corrected chi connectivity index (χ1v) is 7.71. The van der Waals surface area contributed by atoms with E-state index in [1.807, 2.05) is 0 Å². The summed E-state index contributed by atoms with van der Waals surface area (Å²) in [5, 5.41) is 4.24.